The molecule has 0 spiro atoms. The summed E-state index contributed by atoms with van der Waals surface area (Å²) in [6, 6.07) is 7.19. The third kappa shape index (κ3) is 5.26. The number of fused-ring (bicyclic) bond motifs is 2. The summed E-state index contributed by atoms with van der Waals surface area (Å²) < 4.78 is 27.3. The maximum atomic E-state index is 13.6. The first kappa shape index (κ1) is 29.5. The highest BCUT2D eigenvalue weighted by molar-refractivity contribution is 7.91. The van der Waals surface area contributed by atoms with Gasteiger partial charge in [0, 0.05) is 35.1 Å². The number of benzene rings is 2. The molecule has 0 bridgehead atoms. The van der Waals surface area contributed by atoms with E-state index in [1.807, 2.05) is 0 Å². The highest BCUT2D eigenvalue weighted by Gasteiger charge is 2.46. The molecule has 9 heteroatoms. The Balaban J connectivity index is 1.23. The average Bonchev–Trinajstić information content (AvgIpc) is 3.41. The van der Waals surface area contributed by atoms with Crippen molar-refractivity contribution >= 4 is 44.5 Å². The van der Waals surface area contributed by atoms with Crippen molar-refractivity contribution < 1.29 is 37.2 Å². The van der Waals surface area contributed by atoms with E-state index in [4.69, 9.17) is 0 Å². The Morgan fingerprint density at radius 1 is 0.535 bits per heavy atom. The Morgan fingerprint density at radius 2 is 0.884 bits per heavy atom. The molecule has 43 heavy (non-hydrogen) atoms. The lowest BCUT2D eigenvalue weighted by molar-refractivity contribution is -0.122. The van der Waals surface area contributed by atoms with E-state index in [0.717, 1.165) is 76.3 Å². The Morgan fingerprint density at radius 3 is 1.26 bits per heavy atom. The molecule has 0 N–H and O–H groups in total. The van der Waals surface area contributed by atoms with Gasteiger partial charge in [0.25, 0.3) is 0 Å². The van der Waals surface area contributed by atoms with Gasteiger partial charge in [-0.25, -0.2) is 8.42 Å². The summed E-state index contributed by atoms with van der Waals surface area (Å²) in [7, 11) is -4.28. The molecule has 4 aliphatic carbocycles. The van der Waals surface area contributed by atoms with Crippen LogP contribution in [0.4, 0.5) is 0 Å². The Bertz CT molecular complexity index is 1550. The summed E-state index contributed by atoms with van der Waals surface area (Å²) in [5.41, 5.74) is -0.150. The molecule has 2 saturated carbocycles. The summed E-state index contributed by atoms with van der Waals surface area (Å²) in [5.74, 6) is -6.00. The molecule has 2 atom stereocenters. The fourth-order valence-electron chi connectivity index (χ4n) is 7.39. The zero-order chi connectivity index (χ0) is 30.5. The molecule has 2 aromatic rings. The Hall–Kier alpha value is -3.59. The average molecular weight is 603 g/mol. The van der Waals surface area contributed by atoms with Crippen LogP contribution in [0.3, 0.4) is 0 Å². The molecule has 0 heterocycles. The fourth-order valence-corrected chi connectivity index (χ4v) is 8.70. The van der Waals surface area contributed by atoms with Gasteiger partial charge >= 0.3 is 0 Å². The molecule has 2 fully saturated rings. The maximum Gasteiger partial charge on any atom is 0.206 e. The van der Waals surface area contributed by atoms with Gasteiger partial charge in [0.05, 0.1) is 9.79 Å². The van der Waals surface area contributed by atoms with Crippen LogP contribution in [0.25, 0.3) is 0 Å². The van der Waals surface area contributed by atoms with Crippen LogP contribution in [0.1, 0.15) is 118 Å². The minimum absolute atomic E-state index is 0.0278. The molecule has 224 valence electrons. The normalized spacial score (nSPS) is 23.0. The van der Waals surface area contributed by atoms with E-state index >= 15 is 0 Å². The van der Waals surface area contributed by atoms with Gasteiger partial charge < -0.3 is 0 Å². The van der Waals surface area contributed by atoms with Crippen LogP contribution in [0, 0.1) is 23.7 Å². The lowest BCUT2D eigenvalue weighted by Crippen LogP contribution is -2.27. The molecule has 0 aliphatic heterocycles. The zero-order valence-electron chi connectivity index (χ0n) is 23.9. The van der Waals surface area contributed by atoms with Crippen molar-refractivity contribution in [3.05, 3.63) is 58.7 Å². The van der Waals surface area contributed by atoms with E-state index in [1.165, 1.54) is 24.3 Å². The van der Waals surface area contributed by atoms with Gasteiger partial charge in [-0.2, -0.15) is 0 Å². The SMILES string of the molecule is O=C(CC1CCCCC1)C1C(=O)c2ccc(S(=O)(=O)c3ccc4c(c3)C(=O)C(C(=O)CC3CCCCC3)C4=O)cc2C1=O. The molecular weight excluding hydrogens is 568 g/mol. The van der Waals surface area contributed by atoms with Crippen LogP contribution in [-0.2, 0) is 19.4 Å². The van der Waals surface area contributed by atoms with E-state index < -0.39 is 56.4 Å². The summed E-state index contributed by atoms with van der Waals surface area (Å²) in [6.07, 6.45) is 10.2. The molecule has 8 nitrogen and oxygen atoms in total. The number of Topliss-reactive ketones (excluding diaryl/α,β-unsaturated/α-hetero) is 6. The van der Waals surface area contributed by atoms with Gasteiger partial charge in [-0.1, -0.05) is 64.2 Å². The molecule has 2 unspecified atom stereocenters. The van der Waals surface area contributed by atoms with Crippen LogP contribution in [-0.4, -0.2) is 43.1 Å². The van der Waals surface area contributed by atoms with Crippen LogP contribution < -0.4 is 0 Å². The largest absolute Gasteiger partial charge is 0.298 e. The van der Waals surface area contributed by atoms with Gasteiger partial charge in [-0.15, -0.1) is 0 Å². The smallest absolute Gasteiger partial charge is 0.206 e. The van der Waals surface area contributed by atoms with Crippen molar-refractivity contribution in [2.45, 2.75) is 86.8 Å². The molecule has 4 aliphatic rings. The molecule has 0 amide bonds. The van der Waals surface area contributed by atoms with E-state index in [1.54, 1.807) is 0 Å². The fraction of sp³-hybridized carbons (Fsp3) is 0.471. The number of sulfone groups is 1. The molecule has 0 saturated heterocycles. The van der Waals surface area contributed by atoms with Crippen LogP contribution in [0.2, 0.25) is 0 Å². The molecule has 2 aromatic carbocycles. The summed E-state index contributed by atoms with van der Waals surface area (Å²) >= 11 is 0. The zero-order valence-corrected chi connectivity index (χ0v) is 24.7. The van der Waals surface area contributed by atoms with Crippen molar-refractivity contribution in [3.8, 4) is 0 Å². The predicted molar refractivity (Wildman–Crippen MR) is 155 cm³/mol. The minimum atomic E-state index is -4.28. The first-order chi connectivity index (χ1) is 20.6. The van der Waals surface area contributed by atoms with Crippen LogP contribution in [0.5, 0.6) is 0 Å². The van der Waals surface area contributed by atoms with Gasteiger partial charge in [-0.05, 0) is 48.2 Å². The number of hydrogen-bond acceptors (Lipinski definition) is 8. The van der Waals surface area contributed by atoms with Gasteiger partial charge in [0.1, 0.15) is 11.8 Å². The number of ketones is 6. The van der Waals surface area contributed by atoms with Crippen molar-refractivity contribution in [2.75, 3.05) is 0 Å². The topological polar surface area (TPSA) is 137 Å². The maximum absolute atomic E-state index is 13.6. The van der Waals surface area contributed by atoms with Crippen LogP contribution in [0.15, 0.2) is 46.2 Å². The summed E-state index contributed by atoms with van der Waals surface area (Å²) in [5, 5.41) is 0. The van der Waals surface area contributed by atoms with Crippen molar-refractivity contribution in [3.63, 3.8) is 0 Å². The third-order valence-electron chi connectivity index (χ3n) is 9.79. The first-order valence-electron chi connectivity index (χ1n) is 15.3. The minimum Gasteiger partial charge on any atom is -0.298 e. The van der Waals surface area contributed by atoms with Gasteiger partial charge in [0.15, 0.2) is 34.7 Å². The standard InChI is InChI=1S/C34H34O8S/c35-27(15-19-7-3-1-4-8-19)29-31(37)23-13-11-21(17-25(23)33(29)39)43(41,42)22-12-14-24-26(18-22)34(40)30(32(24)38)28(36)16-20-9-5-2-6-10-20/h11-14,17-20,29-30H,1-10,15-16H2. The second-order valence-electron chi connectivity index (χ2n) is 12.6. The molecule has 6 rings (SSSR count). The summed E-state index contributed by atoms with van der Waals surface area (Å²) in [4.78, 5) is 78.0. The highest BCUT2D eigenvalue weighted by Crippen LogP contribution is 2.37. The number of carbonyl (C=O) groups excluding carboxylic acids is 6. The second-order valence-corrected chi connectivity index (χ2v) is 14.5. The van der Waals surface area contributed by atoms with Crippen LogP contribution >= 0.6 is 0 Å². The first-order valence-corrected chi connectivity index (χ1v) is 16.8. The molecular formula is C34H34O8S. The quantitative estimate of drug-likeness (QED) is 0.357. The van der Waals surface area contributed by atoms with Gasteiger partial charge in [0.2, 0.25) is 9.84 Å². The Labute approximate surface area is 250 Å². The van der Waals surface area contributed by atoms with E-state index in [-0.39, 0.29) is 56.7 Å². The van der Waals surface area contributed by atoms with E-state index in [2.05, 4.69) is 0 Å². The van der Waals surface area contributed by atoms with Crippen molar-refractivity contribution in [1.29, 1.82) is 0 Å². The van der Waals surface area contributed by atoms with Crippen molar-refractivity contribution in [2.24, 2.45) is 23.7 Å². The highest BCUT2D eigenvalue weighted by atomic mass is 32.2. The molecule has 0 radical (unpaired) electrons. The van der Waals surface area contributed by atoms with E-state index in [9.17, 15) is 37.2 Å². The lowest BCUT2D eigenvalue weighted by Gasteiger charge is -2.21. The van der Waals surface area contributed by atoms with Gasteiger partial charge in [-0.3, -0.25) is 28.8 Å². The number of hydrogen-bond donors (Lipinski definition) is 0. The lowest BCUT2D eigenvalue weighted by atomic mass is 9.82. The number of carbonyl (C=O) groups is 6. The summed E-state index contributed by atoms with van der Waals surface area (Å²) in [6.45, 7) is 0. The third-order valence-corrected chi connectivity index (χ3v) is 11.5. The monoisotopic (exact) mass is 602 g/mol. The Kier molecular flexibility index (Phi) is 7.87. The number of rotatable bonds is 8. The molecule has 0 aromatic heterocycles. The second kappa shape index (κ2) is 11.5. The predicted octanol–water partition coefficient (Wildman–Crippen LogP) is 5.59. The van der Waals surface area contributed by atoms with Crippen molar-refractivity contribution in [1.82, 2.24) is 0 Å². The van der Waals surface area contributed by atoms with E-state index in [0.29, 0.717) is 0 Å².